The first-order valence-corrected chi connectivity index (χ1v) is 8.85. The summed E-state index contributed by atoms with van der Waals surface area (Å²) in [7, 11) is 2.21. The lowest BCUT2D eigenvalue weighted by atomic mass is 10.0. The van der Waals surface area contributed by atoms with Crippen molar-refractivity contribution < 1.29 is 0 Å². The zero-order valence-electron chi connectivity index (χ0n) is 14.6. The molecule has 0 saturated carbocycles. The minimum absolute atomic E-state index is 0.640. The normalized spacial score (nSPS) is 17.5. The van der Waals surface area contributed by atoms with E-state index < -0.39 is 0 Å². The number of hydrogen-bond acceptors (Lipinski definition) is 3. The molecule has 0 spiro atoms. The van der Waals surface area contributed by atoms with E-state index in [-0.39, 0.29) is 0 Å². The van der Waals surface area contributed by atoms with Gasteiger partial charge in [0.15, 0.2) is 0 Å². The number of likely N-dealkylation sites (tertiary alicyclic amines) is 1. The smallest absolute Gasteiger partial charge is 0.0107 e. The van der Waals surface area contributed by atoms with Gasteiger partial charge in [0, 0.05) is 31.7 Å². The topological polar surface area (TPSA) is 18.5 Å². The quantitative estimate of drug-likeness (QED) is 0.796. The van der Waals surface area contributed by atoms with Crippen LogP contribution in [-0.2, 0) is 6.42 Å². The van der Waals surface area contributed by atoms with Crippen molar-refractivity contribution in [1.82, 2.24) is 15.1 Å². The Kier molecular flexibility index (Phi) is 7.37. The number of nitrogens with one attached hydrogen (secondary N) is 1. The van der Waals surface area contributed by atoms with Crippen molar-refractivity contribution in [2.24, 2.45) is 0 Å². The van der Waals surface area contributed by atoms with E-state index in [4.69, 9.17) is 0 Å². The van der Waals surface area contributed by atoms with Crippen LogP contribution in [0.4, 0.5) is 0 Å². The summed E-state index contributed by atoms with van der Waals surface area (Å²) >= 11 is 0. The molecular weight excluding hydrogens is 270 g/mol. The molecule has 2 rings (SSSR count). The zero-order chi connectivity index (χ0) is 15.8. The first-order chi connectivity index (χ1) is 10.6. The second kappa shape index (κ2) is 9.29. The average molecular weight is 303 g/mol. The van der Waals surface area contributed by atoms with Gasteiger partial charge < -0.3 is 15.1 Å². The maximum absolute atomic E-state index is 3.73. The lowest BCUT2D eigenvalue weighted by Gasteiger charge is -2.33. The van der Waals surface area contributed by atoms with Gasteiger partial charge in [-0.3, -0.25) is 0 Å². The van der Waals surface area contributed by atoms with Crippen LogP contribution in [0.15, 0.2) is 30.3 Å². The molecule has 1 aliphatic heterocycles. The van der Waals surface area contributed by atoms with Crippen molar-refractivity contribution in [2.75, 3.05) is 39.8 Å². The molecule has 1 aromatic carbocycles. The van der Waals surface area contributed by atoms with E-state index in [9.17, 15) is 0 Å². The number of hydrogen-bond donors (Lipinski definition) is 1. The zero-order valence-corrected chi connectivity index (χ0v) is 14.6. The second-order valence-corrected chi connectivity index (χ2v) is 6.88. The summed E-state index contributed by atoms with van der Waals surface area (Å²) in [5.41, 5.74) is 1.46. The number of nitrogens with zero attached hydrogens (tertiary/aromatic N) is 2. The molecule has 0 unspecified atom stereocenters. The van der Waals surface area contributed by atoms with Crippen molar-refractivity contribution in [1.29, 1.82) is 0 Å². The molecule has 1 N–H and O–H groups in total. The molecule has 22 heavy (non-hydrogen) atoms. The Labute approximate surface area is 136 Å². The molecule has 3 heteroatoms. The van der Waals surface area contributed by atoms with Crippen LogP contribution in [0.25, 0.3) is 0 Å². The van der Waals surface area contributed by atoms with Gasteiger partial charge >= 0.3 is 0 Å². The van der Waals surface area contributed by atoms with Crippen molar-refractivity contribution >= 4 is 0 Å². The molecule has 0 aromatic heterocycles. The van der Waals surface area contributed by atoms with Gasteiger partial charge in [0.05, 0.1) is 0 Å². The molecule has 0 bridgehead atoms. The van der Waals surface area contributed by atoms with E-state index in [0.717, 1.165) is 13.1 Å². The molecule has 0 atom stereocenters. The van der Waals surface area contributed by atoms with Crippen molar-refractivity contribution in [2.45, 2.75) is 45.2 Å². The SMILES string of the molecule is CC(C)N(C)CCNC1CCN(CCc2ccccc2)CC1. The highest BCUT2D eigenvalue weighted by molar-refractivity contribution is 5.14. The fourth-order valence-corrected chi connectivity index (χ4v) is 3.00. The Morgan fingerprint density at radius 3 is 2.50 bits per heavy atom. The fourth-order valence-electron chi connectivity index (χ4n) is 3.00. The fraction of sp³-hybridized carbons (Fsp3) is 0.684. The lowest BCUT2D eigenvalue weighted by molar-refractivity contribution is 0.194. The highest BCUT2D eigenvalue weighted by atomic mass is 15.2. The summed E-state index contributed by atoms with van der Waals surface area (Å²) in [4.78, 5) is 5.02. The molecule has 1 heterocycles. The maximum atomic E-state index is 3.73. The molecule has 3 nitrogen and oxygen atoms in total. The largest absolute Gasteiger partial charge is 0.313 e. The first-order valence-electron chi connectivity index (χ1n) is 8.85. The van der Waals surface area contributed by atoms with E-state index in [2.05, 4.69) is 66.3 Å². The maximum Gasteiger partial charge on any atom is 0.0107 e. The van der Waals surface area contributed by atoms with Gasteiger partial charge in [0.2, 0.25) is 0 Å². The van der Waals surface area contributed by atoms with Crippen LogP contribution in [0.3, 0.4) is 0 Å². The summed E-state index contributed by atoms with van der Waals surface area (Å²) in [6.45, 7) is 10.5. The van der Waals surface area contributed by atoms with Crippen LogP contribution in [-0.4, -0.2) is 61.7 Å². The predicted octanol–water partition coefficient (Wildman–Crippen LogP) is 2.62. The summed E-state index contributed by atoms with van der Waals surface area (Å²) in [5, 5.41) is 3.73. The Bertz CT molecular complexity index is 396. The third-order valence-electron chi connectivity index (χ3n) is 4.93. The van der Waals surface area contributed by atoms with Gasteiger partial charge in [0.1, 0.15) is 0 Å². The van der Waals surface area contributed by atoms with Crippen molar-refractivity contribution in [3.8, 4) is 0 Å². The predicted molar refractivity (Wildman–Crippen MR) is 95.4 cm³/mol. The van der Waals surface area contributed by atoms with E-state index in [1.54, 1.807) is 0 Å². The minimum atomic E-state index is 0.640. The molecule has 1 fully saturated rings. The molecule has 0 aliphatic carbocycles. The van der Waals surface area contributed by atoms with E-state index in [1.165, 1.54) is 44.5 Å². The van der Waals surface area contributed by atoms with Crippen LogP contribution < -0.4 is 5.32 Å². The van der Waals surface area contributed by atoms with Crippen molar-refractivity contribution in [3.63, 3.8) is 0 Å². The number of likely N-dealkylation sites (N-methyl/N-ethyl adjacent to an activating group) is 1. The van der Waals surface area contributed by atoms with Gasteiger partial charge in [-0.05, 0) is 58.8 Å². The van der Waals surface area contributed by atoms with Crippen LogP contribution in [0.5, 0.6) is 0 Å². The first kappa shape index (κ1) is 17.5. The third kappa shape index (κ3) is 6.07. The Morgan fingerprint density at radius 1 is 1.18 bits per heavy atom. The Balaban J connectivity index is 1.58. The second-order valence-electron chi connectivity index (χ2n) is 6.88. The number of rotatable bonds is 8. The van der Waals surface area contributed by atoms with Crippen molar-refractivity contribution in [3.05, 3.63) is 35.9 Å². The van der Waals surface area contributed by atoms with Gasteiger partial charge in [-0.25, -0.2) is 0 Å². The monoisotopic (exact) mass is 303 g/mol. The van der Waals surface area contributed by atoms with Gasteiger partial charge in [-0.2, -0.15) is 0 Å². The molecule has 1 aromatic rings. The molecule has 1 aliphatic rings. The minimum Gasteiger partial charge on any atom is -0.313 e. The Morgan fingerprint density at radius 2 is 1.86 bits per heavy atom. The van der Waals surface area contributed by atoms with Crippen LogP contribution in [0.2, 0.25) is 0 Å². The number of piperidine rings is 1. The lowest BCUT2D eigenvalue weighted by Crippen LogP contribution is -2.45. The average Bonchev–Trinajstić information content (AvgIpc) is 2.55. The third-order valence-corrected chi connectivity index (χ3v) is 4.93. The Hall–Kier alpha value is -0.900. The van der Waals surface area contributed by atoms with Crippen LogP contribution in [0, 0.1) is 0 Å². The van der Waals surface area contributed by atoms with E-state index in [1.807, 2.05) is 0 Å². The standard InChI is InChI=1S/C19H33N3/c1-17(2)21(3)16-12-20-19-10-14-22(15-11-19)13-9-18-7-5-4-6-8-18/h4-8,17,19-20H,9-16H2,1-3H3. The summed E-state index contributed by atoms with van der Waals surface area (Å²) in [6.07, 6.45) is 3.76. The summed E-state index contributed by atoms with van der Waals surface area (Å²) in [6, 6.07) is 12.2. The van der Waals surface area contributed by atoms with Gasteiger partial charge in [-0.15, -0.1) is 0 Å². The molecule has 0 amide bonds. The van der Waals surface area contributed by atoms with Gasteiger partial charge in [0.25, 0.3) is 0 Å². The molecule has 1 saturated heterocycles. The van der Waals surface area contributed by atoms with Crippen LogP contribution in [0.1, 0.15) is 32.3 Å². The van der Waals surface area contributed by atoms with E-state index in [0.29, 0.717) is 12.1 Å². The summed E-state index contributed by atoms with van der Waals surface area (Å²) < 4.78 is 0. The summed E-state index contributed by atoms with van der Waals surface area (Å²) in [5.74, 6) is 0. The highest BCUT2D eigenvalue weighted by Crippen LogP contribution is 2.11. The van der Waals surface area contributed by atoms with Crippen LogP contribution >= 0.6 is 0 Å². The molecule has 0 radical (unpaired) electrons. The van der Waals surface area contributed by atoms with Gasteiger partial charge in [-0.1, -0.05) is 30.3 Å². The molecular formula is C19H33N3. The van der Waals surface area contributed by atoms with E-state index >= 15 is 0 Å². The molecule has 124 valence electrons. The number of benzene rings is 1. The highest BCUT2D eigenvalue weighted by Gasteiger charge is 2.18.